The molecule has 0 unspecified atom stereocenters. The van der Waals surface area contributed by atoms with Crippen LogP contribution >= 0.6 is 0 Å². The summed E-state index contributed by atoms with van der Waals surface area (Å²) in [6, 6.07) is 7.42. The van der Waals surface area contributed by atoms with Crippen LogP contribution in [0.4, 0.5) is 10.1 Å². The zero-order chi connectivity index (χ0) is 16.2. The van der Waals surface area contributed by atoms with Gasteiger partial charge in [-0.2, -0.15) is 5.10 Å². The summed E-state index contributed by atoms with van der Waals surface area (Å²) < 4.78 is 15.0. The molecule has 0 spiro atoms. The third kappa shape index (κ3) is 3.91. The predicted octanol–water partition coefficient (Wildman–Crippen LogP) is 3.14. The Hall–Kier alpha value is -1.88. The second-order valence-electron chi connectivity index (χ2n) is 6.31. The second-order valence-corrected chi connectivity index (χ2v) is 6.31. The fraction of sp³-hybridized carbons (Fsp3) is 0.500. The average molecular weight is 316 g/mol. The molecule has 124 valence electrons. The maximum Gasteiger partial charge on any atom is 0.123 e. The highest BCUT2D eigenvalue weighted by Gasteiger charge is 2.22. The molecule has 1 aliphatic rings. The Labute approximate surface area is 137 Å². The lowest BCUT2D eigenvalue weighted by Gasteiger charge is -2.37. The fourth-order valence-electron chi connectivity index (χ4n) is 3.29. The molecule has 0 saturated carbocycles. The van der Waals surface area contributed by atoms with E-state index in [1.165, 1.54) is 5.56 Å². The molecule has 1 saturated heterocycles. The Bertz CT molecular complexity index is 614. The van der Waals surface area contributed by atoms with E-state index in [9.17, 15) is 4.39 Å². The number of hydrogen-bond acceptors (Lipinski definition) is 3. The van der Waals surface area contributed by atoms with E-state index < -0.39 is 0 Å². The van der Waals surface area contributed by atoms with Gasteiger partial charge in [0.2, 0.25) is 0 Å². The van der Waals surface area contributed by atoms with Gasteiger partial charge < -0.3 is 4.90 Å². The fourth-order valence-corrected chi connectivity index (χ4v) is 3.29. The van der Waals surface area contributed by atoms with Crippen LogP contribution in [0.25, 0.3) is 0 Å². The molecular formula is C18H25FN4. The van der Waals surface area contributed by atoms with Crippen LogP contribution in [0.5, 0.6) is 0 Å². The monoisotopic (exact) mass is 316 g/mol. The van der Waals surface area contributed by atoms with Crippen LogP contribution in [-0.2, 0) is 13.1 Å². The Balaban J connectivity index is 1.52. The van der Waals surface area contributed by atoms with Gasteiger partial charge >= 0.3 is 0 Å². The Kier molecular flexibility index (Phi) is 4.96. The number of benzene rings is 1. The summed E-state index contributed by atoms with van der Waals surface area (Å²) in [6.07, 6.45) is 6.36. The van der Waals surface area contributed by atoms with E-state index >= 15 is 0 Å². The first kappa shape index (κ1) is 16.0. The molecule has 1 fully saturated rings. The van der Waals surface area contributed by atoms with E-state index in [0.717, 1.165) is 44.7 Å². The Morgan fingerprint density at radius 1 is 1.22 bits per heavy atom. The normalized spacial score (nSPS) is 16.3. The van der Waals surface area contributed by atoms with Crippen LogP contribution < -0.4 is 4.90 Å². The van der Waals surface area contributed by atoms with Gasteiger partial charge in [-0.1, -0.05) is 0 Å². The average Bonchev–Trinajstić information content (AvgIpc) is 3.03. The summed E-state index contributed by atoms with van der Waals surface area (Å²) in [4.78, 5) is 4.78. The van der Waals surface area contributed by atoms with Gasteiger partial charge in [-0.3, -0.25) is 9.58 Å². The van der Waals surface area contributed by atoms with Crippen molar-refractivity contribution in [2.75, 3.05) is 25.0 Å². The smallest absolute Gasteiger partial charge is 0.123 e. The summed E-state index contributed by atoms with van der Waals surface area (Å²) in [5, 5.41) is 4.34. The Morgan fingerprint density at radius 3 is 2.52 bits per heavy atom. The highest BCUT2D eigenvalue weighted by atomic mass is 19.1. The summed E-state index contributed by atoms with van der Waals surface area (Å²) >= 11 is 0. The molecule has 0 amide bonds. The van der Waals surface area contributed by atoms with Crippen molar-refractivity contribution >= 4 is 5.69 Å². The Morgan fingerprint density at radius 2 is 1.91 bits per heavy atom. The van der Waals surface area contributed by atoms with Crippen LogP contribution in [-0.4, -0.2) is 40.9 Å². The molecule has 23 heavy (non-hydrogen) atoms. The number of rotatable bonds is 5. The lowest BCUT2D eigenvalue weighted by molar-refractivity contribution is 0.200. The molecular weight excluding hydrogens is 291 g/mol. The lowest BCUT2D eigenvalue weighted by atomic mass is 10.0. The lowest BCUT2D eigenvalue weighted by Crippen LogP contribution is -2.43. The minimum absolute atomic E-state index is 0.170. The van der Waals surface area contributed by atoms with E-state index in [2.05, 4.69) is 35.1 Å². The van der Waals surface area contributed by atoms with E-state index in [1.54, 1.807) is 12.1 Å². The molecule has 0 aliphatic carbocycles. The van der Waals surface area contributed by atoms with E-state index in [1.807, 2.05) is 23.0 Å². The number of anilines is 1. The van der Waals surface area contributed by atoms with Gasteiger partial charge in [0, 0.05) is 49.7 Å². The van der Waals surface area contributed by atoms with Gasteiger partial charge in [0.1, 0.15) is 5.82 Å². The van der Waals surface area contributed by atoms with Gasteiger partial charge in [-0.05, 0) is 51.1 Å². The van der Waals surface area contributed by atoms with Gasteiger partial charge in [0.15, 0.2) is 0 Å². The van der Waals surface area contributed by atoms with Gasteiger partial charge in [-0.25, -0.2) is 4.39 Å². The first-order valence-corrected chi connectivity index (χ1v) is 8.38. The highest BCUT2D eigenvalue weighted by molar-refractivity contribution is 5.46. The molecule has 1 aliphatic heterocycles. The highest BCUT2D eigenvalue weighted by Crippen LogP contribution is 2.23. The van der Waals surface area contributed by atoms with Crippen molar-refractivity contribution in [3.05, 3.63) is 48.0 Å². The van der Waals surface area contributed by atoms with E-state index in [4.69, 9.17) is 0 Å². The standard InChI is InChI=1S/C18H25FN4/c1-3-23-14-15(12-20-23)13-21(2)17-8-10-22(11-9-17)18-6-4-16(19)5-7-18/h4-7,12,14,17H,3,8-11,13H2,1-2H3. The molecule has 3 rings (SSSR count). The zero-order valence-electron chi connectivity index (χ0n) is 14.0. The minimum atomic E-state index is -0.170. The molecule has 2 aromatic rings. The SMILES string of the molecule is CCn1cc(CN(C)C2CCN(c3ccc(F)cc3)CC2)cn1. The molecule has 0 radical (unpaired) electrons. The van der Waals surface area contributed by atoms with E-state index in [-0.39, 0.29) is 5.82 Å². The molecule has 4 nitrogen and oxygen atoms in total. The van der Waals surface area contributed by atoms with Crippen LogP contribution in [0.3, 0.4) is 0 Å². The minimum Gasteiger partial charge on any atom is -0.371 e. The summed E-state index contributed by atoms with van der Waals surface area (Å²) in [6.45, 7) is 6.01. The third-order valence-electron chi connectivity index (χ3n) is 4.72. The number of nitrogens with zero attached hydrogens (tertiary/aromatic N) is 4. The van der Waals surface area contributed by atoms with Crippen molar-refractivity contribution in [2.45, 2.75) is 38.9 Å². The maximum atomic E-state index is 13.0. The molecule has 5 heteroatoms. The molecule has 0 atom stereocenters. The number of piperidine rings is 1. The summed E-state index contributed by atoms with van der Waals surface area (Å²) in [5.41, 5.74) is 2.40. The molecule has 1 aromatic carbocycles. The van der Waals surface area contributed by atoms with Crippen LogP contribution in [0.15, 0.2) is 36.7 Å². The number of hydrogen-bond donors (Lipinski definition) is 0. The number of aromatic nitrogens is 2. The van der Waals surface area contributed by atoms with E-state index in [0.29, 0.717) is 6.04 Å². The quantitative estimate of drug-likeness (QED) is 0.847. The summed E-state index contributed by atoms with van der Waals surface area (Å²) in [5.74, 6) is -0.170. The summed E-state index contributed by atoms with van der Waals surface area (Å²) in [7, 11) is 2.20. The van der Waals surface area contributed by atoms with Gasteiger partial charge in [0.25, 0.3) is 0 Å². The van der Waals surface area contributed by atoms with Crippen LogP contribution in [0, 0.1) is 5.82 Å². The van der Waals surface area contributed by atoms with Crippen molar-refractivity contribution in [2.24, 2.45) is 0 Å². The largest absolute Gasteiger partial charge is 0.371 e. The molecule has 1 aromatic heterocycles. The molecule has 2 heterocycles. The second kappa shape index (κ2) is 7.13. The predicted molar refractivity (Wildman–Crippen MR) is 91.0 cm³/mol. The van der Waals surface area contributed by atoms with Crippen molar-refractivity contribution in [1.29, 1.82) is 0 Å². The van der Waals surface area contributed by atoms with Gasteiger partial charge in [-0.15, -0.1) is 0 Å². The van der Waals surface area contributed by atoms with Gasteiger partial charge in [0.05, 0.1) is 6.20 Å². The van der Waals surface area contributed by atoms with Crippen LogP contribution in [0.2, 0.25) is 0 Å². The molecule has 0 bridgehead atoms. The third-order valence-corrected chi connectivity index (χ3v) is 4.72. The topological polar surface area (TPSA) is 24.3 Å². The zero-order valence-corrected chi connectivity index (χ0v) is 14.0. The van der Waals surface area contributed by atoms with Crippen molar-refractivity contribution in [3.63, 3.8) is 0 Å². The van der Waals surface area contributed by atoms with Crippen LogP contribution in [0.1, 0.15) is 25.3 Å². The number of aryl methyl sites for hydroxylation is 1. The first-order chi connectivity index (χ1) is 11.2. The molecule has 0 N–H and O–H groups in total. The first-order valence-electron chi connectivity index (χ1n) is 8.38. The van der Waals surface area contributed by atoms with Crippen molar-refractivity contribution in [3.8, 4) is 0 Å². The van der Waals surface area contributed by atoms with Crippen molar-refractivity contribution in [1.82, 2.24) is 14.7 Å². The maximum absolute atomic E-state index is 13.0. The number of halogens is 1. The van der Waals surface area contributed by atoms with Crippen molar-refractivity contribution < 1.29 is 4.39 Å².